The van der Waals surface area contributed by atoms with E-state index in [-0.39, 0.29) is 6.61 Å². The lowest BCUT2D eigenvalue weighted by Gasteiger charge is -2.14. The number of anilines is 1. The molecule has 0 bridgehead atoms. The van der Waals surface area contributed by atoms with Gasteiger partial charge in [0, 0.05) is 25.1 Å². The first-order valence-electron chi connectivity index (χ1n) is 8.96. The van der Waals surface area contributed by atoms with E-state index in [9.17, 15) is 10.2 Å². The summed E-state index contributed by atoms with van der Waals surface area (Å²) in [5, 5.41) is 32.1. The van der Waals surface area contributed by atoms with Crippen LogP contribution in [0.15, 0.2) is 11.4 Å². The lowest BCUT2D eigenvalue weighted by molar-refractivity contribution is -0.0432. The van der Waals surface area contributed by atoms with E-state index in [1.807, 2.05) is 0 Å². The molecular weight excluding hydrogens is 368 g/mol. The van der Waals surface area contributed by atoms with Crippen molar-refractivity contribution in [3.05, 3.63) is 6.33 Å². The molecule has 3 N–H and O–H groups in total. The Labute approximate surface area is 161 Å². The van der Waals surface area contributed by atoms with Crippen molar-refractivity contribution < 1.29 is 14.9 Å². The Morgan fingerprint density at radius 1 is 1.48 bits per heavy atom. The van der Waals surface area contributed by atoms with Crippen LogP contribution in [0.4, 0.5) is 5.95 Å². The maximum Gasteiger partial charge on any atom is 0.225 e. The van der Waals surface area contributed by atoms with Crippen molar-refractivity contribution in [3.63, 3.8) is 0 Å². The van der Waals surface area contributed by atoms with Gasteiger partial charge in [-0.3, -0.25) is 4.57 Å². The third-order valence-electron chi connectivity index (χ3n) is 4.20. The van der Waals surface area contributed by atoms with Gasteiger partial charge in [-0.05, 0) is 5.92 Å². The first-order valence-corrected chi connectivity index (χ1v) is 9.94. The molecule has 1 saturated heterocycles. The van der Waals surface area contributed by atoms with Crippen LogP contribution in [0.2, 0.25) is 0 Å². The standard InChI is InChI=1S/C17H24N6O3S/c1-10(2)7-19-17-21-15-14(16(22-17)27-5-3-4-18)20-9-23(15)13-6-11(25)12(8-24)26-13/h9-13,24-25H,3,5-8H2,1-2H3,(H,19,21,22)/t11-,12+,13+/m0/s1. The van der Waals surface area contributed by atoms with Crippen LogP contribution < -0.4 is 5.32 Å². The van der Waals surface area contributed by atoms with Crippen LogP contribution in [0.25, 0.3) is 11.2 Å². The molecule has 1 aliphatic heterocycles. The van der Waals surface area contributed by atoms with Crippen LogP contribution in [0, 0.1) is 17.2 Å². The lowest BCUT2D eigenvalue weighted by Crippen LogP contribution is -2.24. The number of aliphatic hydroxyl groups excluding tert-OH is 2. The summed E-state index contributed by atoms with van der Waals surface area (Å²) in [6.07, 6.45) is 0.595. The SMILES string of the molecule is CC(C)CNc1nc(SCCC#N)c2ncn([C@H]3C[C@H](O)[C@@H](CO)O3)c2n1. The van der Waals surface area contributed by atoms with Gasteiger partial charge in [-0.2, -0.15) is 10.2 Å². The number of hydrogen-bond donors (Lipinski definition) is 3. The molecule has 0 saturated carbocycles. The summed E-state index contributed by atoms with van der Waals surface area (Å²) in [6.45, 7) is 4.69. The molecule has 3 rings (SSSR count). The number of nitriles is 1. The number of ether oxygens (including phenoxy) is 1. The molecule has 27 heavy (non-hydrogen) atoms. The minimum atomic E-state index is -0.734. The van der Waals surface area contributed by atoms with Crippen molar-refractivity contribution in [3.8, 4) is 6.07 Å². The number of aromatic nitrogens is 4. The van der Waals surface area contributed by atoms with Gasteiger partial charge < -0.3 is 20.3 Å². The highest BCUT2D eigenvalue weighted by atomic mass is 32.2. The molecular formula is C17H24N6O3S. The fraction of sp³-hybridized carbons (Fsp3) is 0.647. The van der Waals surface area contributed by atoms with Crippen molar-refractivity contribution >= 4 is 28.9 Å². The van der Waals surface area contributed by atoms with E-state index in [4.69, 9.17) is 10.00 Å². The quantitative estimate of drug-likeness (QED) is 0.348. The van der Waals surface area contributed by atoms with Crippen LogP contribution in [0.5, 0.6) is 0 Å². The van der Waals surface area contributed by atoms with Gasteiger partial charge in [0.15, 0.2) is 5.65 Å². The molecule has 2 aromatic rings. The normalized spacial score (nSPS) is 22.4. The molecule has 2 aromatic heterocycles. The maximum atomic E-state index is 10.0. The minimum absolute atomic E-state index is 0.240. The van der Waals surface area contributed by atoms with E-state index >= 15 is 0 Å². The molecule has 0 aliphatic carbocycles. The average molecular weight is 392 g/mol. The summed E-state index contributed by atoms with van der Waals surface area (Å²) >= 11 is 1.46. The first kappa shape index (κ1) is 19.8. The number of thioether (sulfide) groups is 1. The van der Waals surface area contributed by atoms with Crippen LogP contribution in [0.1, 0.15) is 32.9 Å². The molecule has 0 amide bonds. The average Bonchev–Trinajstić information content (AvgIpc) is 3.23. The summed E-state index contributed by atoms with van der Waals surface area (Å²) in [5.74, 6) is 1.54. The summed E-state index contributed by atoms with van der Waals surface area (Å²) in [4.78, 5) is 13.6. The summed E-state index contributed by atoms with van der Waals surface area (Å²) in [7, 11) is 0. The Bertz CT molecular complexity index is 821. The van der Waals surface area contributed by atoms with E-state index < -0.39 is 18.4 Å². The third-order valence-corrected chi connectivity index (χ3v) is 5.17. The molecule has 0 spiro atoms. The second-order valence-corrected chi connectivity index (χ2v) is 7.91. The topological polar surface area (TPSA) is 129 Å². The smallest absolute Gasteiger partial charge is 0.225 e. The fourth-order valence-electron chi connectivity index (χ4n) is 2.82. The van der Waals surface area contributed by atoms with Gasteiger partial charge >= 0.3 is 0 Å². The van der Waals surface area contributed by atoms with Gasteiger partial charge in [-0.15, -0.1) is 11.8 Å². The number of imidazole rings is 1. The zero-order valence-corrected chi connectivity index (χ0v) is 16.2. The molecule has 1 fully saturated rings. The maximum absolute atomic E-state index is 10.0. The van der Waals surface area contributed by atoms with Gasteiger partial charge in [-0.25, -0.2) is 9.97 Å². The van der Waals surface area contributed by atoms with E-state index in [1.165, 1.54) is 11.8 Å². The third kappa shape index (κ3) is 4.50. The number of nitrogens with one attached hydrogen (secondary N) is 1. The second-order valence-electron chi connectivity index (χ2n) is 6.82. The van der Waals surface area contributed by atoms with Crippen LogP contribution in [-0.2, 0) is 4.74 Å². The summed E-state index contributed by atoms with van der Waals surface area (Å²) < 4.78 is 7.51. The van der Waals surface area contributed by atoms with Crippen LogP contribution in [-0.4, -0.2) is 60.8 Å². The minimum Gasteiger partial charge on any atom is -0.394 e. The largest absolute Gasteiger partial charge is 0.394 e. The van der Waals surface area contributed by atoms with E-state index in [1.54, 1.807) is 10.9 Å². The number of fused-ring (bicyclic) bond motifs is 1. The number of hydrogen-bond acceptors (Lipinski definition) is 9. The summed E-state index contributed by atoms with van der Waals surface area (Å²) in [6, 6.07) is 2.13. The summed E-state index contributed by atoms with van der Waals surface area (Å²) in [5.41, 5.74) is 1.24. The Kier molecular flexibility index (Phi) is 6.49. The van der Waals surface area contributed by atoms with Crippen LogP contribution in [0.3, 0.4) is 0 Å². The Morgan fingerprint density at radius 2 is 2.30 bits per heavy atom. The van der Waals surface area contributed by atoms with Gasteiger partial charge in [0.25, 0.3) is 0 Å². The van der Waals surface area contributed by atoms with Gasteiger partial charge in [0.2, 0.25) is 5.95 Å². The molecule has 0 radical (unpaired) electrons. The van der Waals surface area contributed by atoms with Gasteiger partial charge in [0.05, 0.1) is 25.1 Å². The van der Waals surface area contributed by atoms with Crippen molar-refractivity contribution in [2.75, 3.05) is 24.2 Å². The number of aliphatic hydroxyl groups is 2. The molecule has 0 aromatic carbocycles. The monoisotopic (exact) mass is 392 g/mol. The van der Waals surface area contributed by atoms with Crippen molar-refractivity contribution in [1.82, 2.24) is 19.5 Å². The molecule has 146 valence electrons. The Hall–Kier alpha value is -1.93. The molecule has 10 heteroatoms. The van der Waals surface area contributed by atoms with Gasteiger partial charge in [-0.1, -0.05) is 13.8 Å². The van der Waals surface area contributed by atoms with Crippen molar-refractivity contribution in [2.45, 2.75) is 50.2 Å². The molecule has 3 atom stereocenters. The highest BCUT2D eigenvalue weighted by Gasteiger charge is 2.35. The highest BCUT2D eigenvalue weighted by Crippen LogP contribution is 2.33. The van der Waals surface area contributed by atoms with E-state index in [0.29, 0.717) is 46.7 Å². The van der Waals surface area contributed by atoms with E-state index in [2.05, 4.69) is 40.2 Å². The Morgan fingerprint density at radius 3 is 2.96 bits per heavy atom. The zero-order valence-electron chi connectivity index (χ0n) is 15.4. The van der Waals surface area contributed by atoms with Crippen LogP contribution >= 0.6 is 11.8 Å². The molecule has 9 nitrogen and oxygen atoms in total. The number of rotatable bonds is 8. The fourth-order valence-corrected chi connectivity index (χ4v) is 3.64. The second kappa shape index (κ2) is 8.84. The van der Waals surface area contributed by atoms with Crippen molar-refractivity contribution in [1.29, 1.82) is 5.26 Å². The predicted molar refractivity (Wildman–Crippen MR) is 101 cm³/mol. The van der Waals surface area contributed by atoms with Crippen molar-refractivity contribution in [2.24, 2.45) is 5.92 Å². The highest BCUT2D eigenvalue weighted by molar-refractivity contribution is 7.99. The number of nitrogens with zero attached hydrogens (tertiary/aromatic N) is 5. The lowest BCUT2D eigenvalue weighted by atomic mass is 10.2. The molecule has 1 aliphatic rings. The Balaban J connectivity index is 1.94. The first-order chi connectivity index (χ1) is 13.0. The molecule has 3 heterocycles. The van der Waals surface area contributed by atoms with E-state index in [0.717, 1.165) is 6.54 Å². The zero-order chi connectivity index (χ0) is 19.4. The molecule has 0 unspecified atom stereocenters. The van der Waals surface area contributed by atoms with Gasteiger partial charge in [0.1, 0.15) is 22.9 Å². The predicted octanol–water partition coefficient (Wildman–Crippen LogP) is 1.54.